The van der Waals surface area contributed by atoms with Crippen LogP contribution in [0.25, 0.3) is 10.9 Å². The molecule has 0 unspecified atom stereocenters. The van der Waals surface area contributed by atoms with E-state index in [-0.39, 0.29) is 12.4 Å². The van der Waals surface area contributed by atoms with Gasteiger partial charge in [-0.2, -0.15) is 0 Å². The maximum absolute atomic E-state index is 3.64. The van der Waals surface area contributed by atoms with Gasteiger partial charge in [-0.1, -0.05) is 37.5 Å². The van der Waals surface area contributed by atoms with Gasteiger partial charge in [0, 0.05) is 17.1 Å². The van der Waals surface area contributed by atoms with Gasteiger partial charge in [-0.25, -0.2) is 0 Å². The van der Waals surface area contributed by atoms with Gasteiger partial charge in [0.1, 0.15) is 0 Å². The van der Waals surface area contributed by atoms with Gasteiger partial charge in [-0.15, -0.1) is 12.4 Å². The van der Waals surface area contributed by atoms with Gasteiger partial charge < -0.3 is 10.3 Å². The van der Waals surface area contributed by atoms with E-state index in [4.69, 9.17) is 0 Å². The average molecular weight is 293 g/mol. The number of aromatic nitrogens is 1. The molecule has 0 spiro atoms. The normalized spacial score (nSPS) is 16.2. The number of hydrogen-bond donors (Lipinski definition) is 2. The van der Waals surface area contributed by atoms with Gasteiger partial charge in [-0.05, 0) is 49.9 Å². The van der Waals surface area contributed by atoms with Gasteiger partial charge in [0.05, 0.1) is 0 Å². The lowest BCUT2D eigenvalue weighted by Gasteiger charge is -2.21. The molecule has 2 aromatic rings. The third-order valence-electron chi connectivity index (χ3n) is 4.40. The van der Waals surface area contributed by atoms with Gasteiger partial charge in [0.25, 0.3) is 0 Å². The number of halogens is 1. The Morgan fingerprint density at radius 2 is 1.90 bits per heavy atom. The van der Waals surface area contributed by atoms with Gasteiger partial charge >= 0.3 is 0 Å². The third kappa shape index (κ3) is 3.77. The first-order valence-electron chi connectivity index (χ1n) is 7.69. The molecule has 0 atom stereocenters. The molecule has 0 aliphatic heterocycles. The van der Waals surface area contributed by atoms with Crippen molar-refractivity contribution in [3.8, 4) is 0 Å². The van der Waals surface area contributed by atoms with Crippen molar-refractivity contribution in [2.24, 2.45) is 5.92 Å². The maximum Gasteiger partial charge on any atom is 0.0456 e. The molecule has 20 heavy (non-hydrogen) atoms. The SMILES string of the molecule is Cl.c1ccc2c(CCNCC3CCCCC3)c[nH]c2c1. The Hall–Kier alpha value is -0.990. The molecule has 3 rings (SSSR count). The van der Waals surface area contributed by atoms with E-state index in [1.54, 1.807) is 0 Å². The summed E-state index contributed by atoms with van der Waals surface area (Å²) >= 11 is 0. The highest BCUT2D eigenvalue weighted by Gasteiger charge is 2.12. The summed E-state index contributed by atoms with van der Waals surface area (Å²) in [6.07, 6.45) is 10.5. The predicted molar refractivity (Wildman–Crippen MR) is 88.7 cm³/mol. The van der Waals surface area contributed by atoms with Crippen LogP contribution in [0, 0.1) is 5.92 Å². The summed E-state index contributed by atoms with van der Waals surface area (Å²) in [6, 6.07) is 8.57. The number of para-hydroxylation sites is 1. The molecule has 1 aromatic heterocycles. The molecule has 1 fully saturated rings. The summed E-state index contributed by atoms with van der Waals surface area (Å²) in [6.45, 7) is 2.31. The van der Waals surface area contributed by atoms with Crippen LogP contribution in [0.5, 0.6) is 0 Å². The standard InChI is InChI=1S/C17H24N2.ClH/c1-2-6-14(7-3-1)12-18-11-10-15-13-19-17-9-5-4-8-16(15)17;/h4-5,8-9,13-14,18-19H,1-3,6-7,10-12H2;1H. The number of nitrogens with one attached hydrogen (secondary N) is 2. The molecular weight excluding hydrogens is 268 g/mol. The molecule has 3 heteroatoms. The Labute approximate surface area is 127 Å². The van der Waals surface area contributed by atoms with Crippen molar-refractivity contribution in [2.75, 3.05) is 13.1 Å². The van der Waals surface area contributed by atoms with E-state index in [1.165, 1.54) is 55.1 Å². The van der Waals surface area contributed by atoms with Crippen LogP contribution in [0.3, 0.4) is 0 Å². The lowest BCUT2D eigenvalue weighted by molar-refractivity contribution is 0.343. The smallest absolute Gasteiger partial charge is 0.0456 e. The van der Waals surface area contributed by atoms with Crippen molar-refractivity contribution >= 4 is 23.3 Å². The number of aromatic amines is 1. The summed E-state index contributed by atoms with van der Waals surface area (Å²) in [4.78, 5) is 3.35. The van der Waals surface area contributed by atoms with Crippen LogP contribution >= 0.6 is 12.4 Å². The summed E-state index contributed by atoms with van der Waals surface area (Å²) in [5, 5.41) is 5.02. The highest BCUT2D eigenvalue weighted by molar-refractivity contribution is 5.85. The van der Waals surface area contributed by atoms with Crippen LogP contribution < -0.4 is 5.32 Å². The number of fused-ring (bicyclic) bond motifs is 1. The van der Waals surface area contributed by atoms with E-state index in [2.05, 4.69) is 40.8 Å². The summed E-state index contributed by atoms with van der Waals surface area (Å²) in [5.41, 5.74) is 2.69. The fourth-order valence-corrected chi connectivity index (χ4v) is 3.26. The van der Waals surface area contributed by atoms with E-state index >= 15 is 0 Å². The van der Waals surface area contributed by atoms with Crippen LogP contribution in [-0.4, -0.2) is 18.1 Å². The fraction of sp³-hybridized carbons (Fsp3) is 0.529. The van der Waals surface area contributed by atoms with Crippen LogP contribution in [0.15, 0.2) is 30.5 Å². The van der Waals surface area contributed by atoms with E-state index in [0.717, 1.165) is 18.9 Å². The highest BCUT2D eigenvalue weighted by Crippen LogP contribution is 2.23. The molecule has 1 heterocycles. The first-order chi connectivity index (χ1) is 9.43. The minimum atomic E-state index is 0. The molecule has 0 radical (unpaired) electrons. The summed E-state index contributed by atoms with van der Waals surface area (Å²) < 4.78 is 0. The Bertz CT molecular complexity index is 514. The second-order valence-corrected chi connectivity index (χ2v) is 5.82. The van der Waals surface area contributed by atoms with Crippen LogP contribution in [0.2, 0.25) is 0 Å². The van der Waals surface area contributed by atoms with Crippen molar-refractivity contribution in [1.29, 1.82) is 0 Å². The van der Waals surface area contributed by atoms with Crippen LogP contribution in [-0.2, 0) is 6.42 Å². The Morgan fingerprint density at radius 1 is 1.10 bits per heavy atom. The van der Waals surface area contributed by atoms with E-state index in [9.17, 15) is 0 Å². The quantitative estimate of drug-likeness (QED) is 0.790. The maximum atomic E-state index is 3.64. The summed E-state index contributed by atoms with van der Waals surface area (Å²) in [5.74, 6) is 0.928. The molecule has 1 aliphatic carbocycles. The van der Waals surface area contributed by atoms with Crippen molar-refractivity contribution in [3.05, 3.63) is 36.0 Å². The molecule has 1 aliphatic rings. The van der Waals surface area contributed by atoms with E-state index < -0.39 is 0 Å². The van der Waals surface area contributed by atoms with Crippen LogP contribution in [0.4, 0.5) is 0 Å². The highest BCUT2D eigenvalue weighted by atomic mass is 35.5. The molecule has 1 saturated carbocycles. The second kappa shape index (κ2) is 7.70. The first-order valence-corrected chi connectivity index (χ1v) is 7.69. The summed E-state index contributed by atoms with van der Waals surface area (Å²) in [7, 11) is 0. The molecule has 0 amide bonds. The van der Waals surface area contributed by atoms with Gasteiger partial charge in [0.2, 0.25) is 0 Å². The zero-order valence-corrected chi connectivity index (χ0v) is 12.8. The van der Waals surface area contributed by atoms with Crippen molar-refractivity contribution < 1.29 is 0 Å². The Morgan fingerprint density at radius 3 is 2.75 bits per heavy atom. The average Bonchev–Trinajstić information content (AvgIpc) is 2.88. The number of benzene rings is 1. The molecule has 0 bridgehead atoms. The molecule has 110 valence electrons. The van der Waals surface area contributed by atoms with Gasteiger partial charge in [0.15, 0.2) is 0 Å². The second-order valence-electron chi connectivity index (χ2n) is 5.82. The zero-order valence-electron chi connectivity index (χ0n) is 12.0. The zero-order chi connectivity index (χ0) is 12.9. The monoisotopic (exact) mass is 292 g/mol. The third-order valence-corrected chi connectivity index (χ3v) is 4.40. The molecule has 1 aromatic carbocycles. The van der Waals surface area contributed by atoms with Crippen molar-refractivity contribution in [1.82, 2.24) is 10.3 Å². The Kier molecular flexibility index (Phi) is 5.93. The lowest BCUT2D eigenvalue weighted by Crippen LogP contribution is -2.26. The Balaban J connectivity index is 0.00000147. The van der Waals surface area contributed by atoms with E-state index in [0.29, 0.717) is 0 Å². The molecule has 2 N–H and O–H groups in total. The topological polar surface area (TPSA) is 27.8 Å². The predicted octanol–water partition coefficient (Wildman–Crippen LogP) is 4.30. The van der Waals surface area contributed by atoms with E-state index in [1.807, 2.05) is 0 Å². The van der Waals surface area contributed by atoms with Crippen LogP contribution in [0.1, 0.15) is 37.7 Å². The lowest BCUT2D eigenvalue weighted by atomic mass is 9.89. The number of rotatable bonds is 5. The largest absolute Gasteiger partial charge is 0.361 e. The number of hydrogen-bond acceptors (Lipinski definition) is 1. The van der Waals surface area contributed by atoms with Crippen molar-refractivity contribution in [3.63, 3.8) is 0 Å². The fourth-order valence-electron chi connectivity index (χ4n) is 3.26. The molecule has 0 saturated heterocycles. The number of H-pyrrole nitrogens is 1. The minimum absolute atomic E-state index is 0. The van der Waals surface area contributed by atoms with Crippen molar-refractivity contribution in [2.45, 2.75) is 38.5 Å². The molecule has 2 nitrogen and oxygen atoms in total. The first kappa shape index (κ1) is 15.4. The minimum Gasteiger partial charge on any atom is -0.361 e. The molecular formula is C17H25ClN2. The van der Waals surface area contributed by atoms with Gasteiger partial charge in [-0.3, -0.25) is 0 Å².